The van der Waals surface area contributed by atoms with Gasteiger partial charge in [0.25, 0.3) is 0 Å². The molecule has 0 aliphatic carbocycles. The molecule has 0 aromatic heterocycles. The van der Waals surface area contributed by atoms with Crippen LogP contribution in [0.1, 0.15) is 6.42 Å². The number of hydrogen-bond donors (Lipinski definition) is 0. The van der Waals surface area contributed by atoms with Crippen LogP contribution in [0.2, 0.25) is 12.6 Å². The van der Waals surface area contributed by atoms with Crippen molar-refractivity contribution < 1.29 is 8.51 Å². The molecule has 0 fully saturated rings. The molecule has 0 N–H and O–H groups in total. The van der Waals surface area contributed by atoms with E-state index in [2.05, 4.69) is 6.55 Å². The molecule has 0 heterocycles. The van der Waals surface area contributed by atoms with Crippen molar-refractivity contribution in [3.63, 3.8) is 0 Å². The fourth-order valence-electron chi connectivity index (χ4n) is 0.482. The van der Waals surface area contributed by atoms with E-state index in [1.165, 1.54) is 0 Å². The third-order valence-electron chi connectivity index (χ3n) is 1.15. The SMILES string of the molecule is C[SiH](CCCF)O[SiH3]. The van der Waals surface area contributed by atoms with Gasteiger partial charge >= 0.3 is 0 Å². The van der Waals surface area contributed by atoms with Crippen LogP contribution in [-0.2, 0) is 4.12 Å². The Bertz CT molecular complexity index is 53.3. The fourth-order valence-corrected chi connectivity index (χ4v) is 2.15. The lowest BCUT2D eigenvalue weighted by atomic mass is 10.6. The van der Waals surface area contributed by atoms with Crippen molar-refractivity contribution >= 4 is 19.5 Å². The van der Waals surface area contributed by atoms with Crippen LogP contribution in [0.15, 0.2) is 0 Å². The summed E-state index contributed by atoms with van der Waals surface area (Å²) in [5.74, 6) is 0. The summed E-state index contributed by atoms with van der Waals surface area (Å²) < 4.78 is 16.6. The molecule has 0 saturated heterocycles. The molecule has 8 heavy (non-hydrogen) atoms. The number of hydrogen-bond acceptors (Lipinski definition) is 1. The summed E-state index contributed by atoms with van der Waals surface area (Å²) in [6, 6.07) is 1.00. The topological polar surface area (TPSA) is 9.23 Å². The first-order chi connectivity index (χ1) is 3.81. The fraction of sp³-hybridized carbons (Fsp3) is 1.00. The molecule has 0 aromatic rings. The number of alkyl halides is 1. The number of halogens is 1. The molecule has 0 saturated carbocycles. The van der Waals surface area contributed by atoms with Gasteiger partial charge in [-0.15, -0.1) is 0 Å². The van der Waals surface area contributed by atoms with Crippen molar-refractivity contribution in [2.75, 3.05) is 6.67 Å². The molecule has 1 unspecified atom stereocenters. The second-order valence-electron chi connectivity index (χ2n) is 1.88. The van der Waals surface area contributed by atoms with Gasteiger partial charge in [0, 0.05) is 0 Å². The maximum absolute atomic E-state index is 11.5. The lowest BCUT2D eigenvalue weighted by Crippen LogP contribution is -2.10. The zero-order chi connectivity index (χ0) is 6.41. The summed E-state index contributed by atoms with van der Waals surface area (Å²) >= 11 is 0. The summed E-state index contributed by atoms with van der Waals surface area (Å²) in [6.07, 6.45) is 0.704. The van der Waals surface area contributed by atoms with Crippen molar-refractivity contribution in [1.82, 2.24) is 0 Å². The molecule has 1 nitrogen and oxygen atoms in total. The van der Waals surface area contributed by atoms with Gasteiger partial charge in [-0.2, -0.15) is 0 Å². The van der Waals surface area contributed by atoms with Crippen LogP contribution in [0.4, 0.5) is 4.39 Å². The van der Waals surface area contributed by atoms with Crippen molar-refractivity contribution in [2.24, 2.45) is 0 Å². The van der Waals surface area contributed by atoms with Crippen LogP contribution in [0.5, 0.6) is 0 Å². The van der Waals surface area contributed by atoms with E-state index in [1.807, 2.05) is 0 Å². The summed E-state index contributed by atoms with van der Waals surface area (Å²) in [6.45, 7) is 1.94. The van der Waals surface area contributed by atoms with E-state index in [-0.39, 0.29) is 6.67 Å². The van der Waals surface area contributed by atoms with Crippen molar-refractivity contribution in [3.05, 3.63) is 0 Å². The maximum Gasteiger partial charge on any atom is 0.159 e. The van der Waals surface area contributed by atoms with Gasteiger partial charge in [0.1, 0.15) is 10.5 Å². The second kappa shape index (κ2) is 5.46. The van der Waals surface area contributed by atoms with Gasteiger partial charge in [-0.1, -0.05) is 0 Å². The van der Waals surface area contributed by atoms with Crippen LogP contribution in [-0.4, -0.2) is 26.2 Å². The van der Waals surface area contributed by atoms with E-state index >= 15 is 0 Å². The Balaban J connectivity index is 2.86. The molecule has 1 atom stereocenters. The lowest BCUT2D eigenvalue weighted by molar-refractivity contribution is 0.480. The molecule has 0 amide bonds. The van der Waals surface area contributed by atoms with Crippen LogP contribution in [0, 0.1) is 0 Å². The molecule has 0 bridgehead atoms. The van der Waals surface area contributed by atoms with E-state index in [9.17, 15) is 4.39 Å². The zero-order valence-electron chi connectivity index (χ0n) is 5.48. The first kappa shape index (κ1) is 8.32. The minimum atomic E-state index is -0.877. The Hall–Kier alpha value is 0.324. The second-order valence-corrected chi connectivity index (χ2v) is 5.96. The highest BCUT2D eigenvalue weighted by Gasteiger charge is 1.98. The predicted octanol–water partition coefficient (Wildman–Crippen LogP) is -0.00340. The van der Waals surface area contributed by atoms with Crippen molar-refractivity contribution in [1.29, 1.82) is 0 Å². The average Bonchev–Trinajstić information content (AvgIpc) is 1.83. The first-order valence-corrected chi connectivity index (χ1v) is 6.16. The molecular formula is C4H13FOSi2. The standard InChI is InChI=1S/C4H13FOSi2/c1-8(6-7)4-2-3-5/h8H,2-4H2,1,7H3. The summed E-state index contributed by atoms with van der Waals surface area (Å²) in [4.78, 5) is 0. The molecule has 0 rings (SSSR count). The van der Waals surface area contributed by atoms with Gasteiger partial charge in [-0.25, -0.2) is 0 Å². The lowest BCUT2D eigenvalue weighted by Gasteiger charge is -2.03. The Kier molecular flexibility index (Phi) is 5.68. The first-order valence-electron chi connectivity index (χ1n) is 2.90. The van der Waals surface area contributed by atoms with E-state index in [1.54, 1.807) is 0 Å². The molecular weight excluding hydrogens is 139 g/mol. The molecule has 50 valence electrons. The Morgan fingerprint density at radius 2 is 2.38 bits per heavy atom. The monoisotopic (exact) mass is 152 g/mol. The van der Waals surface area contributed by atoms with Crippen LogP contribution in [0.3, 0.4) is 0 Å². The van der Waals surface area contributed by atoms with Crippen molar-refractivity contribution in [3.8, 4) is 0 Å². The van der Waals surface area contributed by atoms with Gasteiger partial charge in [-0.05, 0) is 19.0 Å². The predicted molar refractivity (Wildman–Crippen MR) is 39.4 cm³/mol. The van der Waals surface area contributed by atoms with Crippen LogP contribution >= 0.6 is 0 Å². The Morgan fingerprint density at radius 3 is 2.75 bits per heavy atom. The maximum atomic E-state index is 11.5. The van der Waals surface area contributed by atoms with Gasteiger partial charge < -0.3 is 4.12 Å². The minimum absolute atomic E-state index is 0.178. The quantitative estimate of drug-likeness (QED) is 0.515. The van der Waals surface area contributed by atoms with Gasteiger partial charge in [0.15, 0.2) is 9.04 Å². The molecule has 4 heteroatoms. The molecule has 0 aliphatic rings. The zero-order valence-corrected chi connectivity index (χ0v) is 8.64. The molecule has 0 spiro atoms. The number of rotatable bonds is 4. The molecule has 0 radical (unpaired) electrons. The summed E-state index contributed by atoms with van der Waals surface area (Å²) in [5.41, 5.74) is 0. The van der Waals surface area contributed by atoms with Gasteiger partial charge in [0.05, 0.1) is 6.67 Å². The third-order valence-corrected chi connectivity index (χ3v) is 5.59. The highest BCUT2D eigenvalue weighted by atomic mass is 28.3. The highest BCUT2D eigenvalue weighted by molar-refractivity contribution is 6.54. The molecule has 0 aliphatic heterocycles. The largest absolute Gasteiger partial charge is 0.466 e. The van der Waals surface area contributed by atoms with E-state index in [4.69, 9.17) is 4.12 Å². The summed E-state index contributed by atoms with van der Waals surface area (Å²) in [5, 5.41) is 0. The normalized spacial score (nSPS) is 14.2. The summed E-state index contributed by atoms with van der Waals surface area (Å²) in [7, 11) is -0.0484. The Labute approximate surface area is 54.5 Å². The van der Waals surface area contributed by atoms with Crippen LogP contribution < -0.4 is 0 Å². The third kappa shape index (κ3) is 4.48. The smallest absolute Gasteiger partial charge is 0.159 e. The molecule has 0 aromatic carbocycles. The van der Waals surface area contributed by atoms with Gasteiger partial charge in [0.2, 0.25) is 0 Å². The average molecular weight is 152 g/mol. The highest BCUT2D eigenvalue weighted by Crippen LogP contribution is 1.96. The van der Waals surface area contributed by atoms with Crippen molar-refractivity contribution in [2.45, 2.75) is 19.0 Å². The van der Waals surface area contributed by atoms with E-state index in [0.717, 1.165) is 16.5 Å². The van der Waals surface area contributed by atoms with E-state index in [0.29, 0.717) is 6.42 Å². The van der Waals surface area contributed by atoms with Crippen LogP contribution in [0.25, 0.3) is 0 Å². The Morgan fingerprint density at radius 1 is 1.75 bits per heavy atom. The van der Waals surface area contributed by atoms with Gasteiger partial charge in [-0.3, -0.25) is 4.39 Å². The minimum Gasteiger partial charge on any atom is -0.466 e. The van der Waals surface area contributed by atoms with E-state index < -0.39 is 9.04 Å².